The molecule has 0 saturated carbocycles. The molecule has 0 unspecified atom stereocenters. The fraction of sp³-hybridized carbons (Fsp3) is 0.321. The van der Waals surface area contributed by atoms with Crippen LogP contribution in [-0.4, -0.2) is 51.9 Å². The van der Waals surface area contributed by atoms with Crippen LogP contribution in [0.4, 0.5) is 14.5 Å². The van der Waals surface area contributed by atoms with Crippen molar-refractivity contribution in [2.24, 2.45) is 5.14 Å². The molecule has 43 heavy (non-hydrogen) atoms. The standard InChI is InChI=1S/C28H30ClF2N3O8S/c1-17(33-7-6-25(35)18-10-19(30)12-20(31)11-18)16-42-27(36)5-3-9-41-28(37)22-13-26(43(32,38)39)23(29)14-24(22)34-15-21-4-2-8-40-21/h2,4,8,10-14,17,33-34H,3,5-7,9,15-16H2,1H3,(H2,32,38,39)/t17-/m1/s1. The van der Waals surface area contributed by atoms with Crippen molar-refractivity contribution in [2.75, 3.05) is 25.1 Å². The molecular weight excluding hydrogens is 612 g/mol. The highest BCUT2D eigenvalue weighted by atomic mass is 35.5. The zero-order chi connectivity index (χ0) is 31.6. The summed E-state index contributed by atoms with van der Waals surface area (Å²) in [6.45, 7) is 1.91. The number of hydrogen-bond acceptors (Lipinski definition) is 10. The van der Waals surface area contributed by atoms with Crippen LogP contribution in [0.25, 0.3) is 0 Å². The molecule has 15 heteroatoms. The van der Waals surface area contributed by atoms with Crippen molar-refractivity contribution >= 4 is 45.0 Å². The van der Waals surface area contributed by atoms with Gasteiger partial charge in [-0.2, -0.15) is 0 Å². The van der Waals surface area contributed by atoms with Crippen LogP contribution in [0.3, 0.4) is 0 Å². The van der Waals surface area contributed by atoms with E-state index in [9.17, 15) is 31.6 Å². The van der Waals surface area contributed by atoms with Crippen molar-refractivity contribution in [1.29, 1.82) is 0 Å². The van der Waals surface area contributed by atoms with Gasteiger partial charge in [-0.05, 0) is 49.7 Å². The Morgan fingerprint density at radius 3 is 2.44 bits per heavy atom. The fourth-order valence-corrected chi connectivity index (χ4v) is 4.88. The van der Waals surface area contributed by atoms with E-state index in [1.54, 1.807) is 19.1 Å². The molecule has 0 bridgehead atoms. The largest absolute Gasteiger partial charge is 0.467 e. The fourth-order valence-electron chi connectivity index (χ4n) is 3.78. The smallest absolute Gasteiger partial charge is 0.340 e. The van der Waals surface area contributed by atoms with Gasteiger partial charge in [0.1, 0.15) is 28.9 Å². The first kappa shape index (κ1) is 33.6. The van der Waals surface area contributed by atoms with Crippen LogP contribution < -0.4 is 15.8 Å². The summed E-state index contributed by atoms with van der Waals surface area (Å²) in [5.41, 5.74) is -0.0191. The highest BCUT2D eigenvalue weighted by molar-refractivity contribution is 7.89. The molecule has 0 radical (unpaired) electrons. The molecular formula is C28H30ClF2N3O8S. The molecule has 3 rings (SSSR count). The molecule has 0 fully saturated rings. The number of primary sulfonamides is 1. The highest BCUT2D eigenvalue weighted by Gasteiger charge is 2.22. The first-order valence-corrected chi connectivity index (χ1v) is 14.9. The second-order valence-electron chi connectivity index (χ2n) is 9.42. The number of halogens is 3. The number of sulfonamides is 1. The molecule has 0 saturated heterocycles. The molecule has 0 amide bonds. The van der Waals surface area contributed by atoms with E-state index in [4.69, 9.17) is 30.6 Å². The second-order valence-corrected chi connectivity index (χ2v) is 11.4. The zero-order valence-electron chi connectivity index (χ0n) is 23.0. The lowest BCUT2D eigenvalue weighted by Gasteiger charge is -2.15. The van der Waals surface area contributed by atoms with E-state index in [0.29, 0.717) is 11.8 Å². The first-order chi connectivity index (χ1) is 20.3. The number of carbonyl (C=O) groups is 3. The van der Waals surface area contributed by atoms with Crippen LogP contribution in [-0.2, 0) is 30.8 Å². The summed E-state index contributed by atoms with van der Waals surface area (Å²) in [6, 6.07) is 7.91. The molecule has 3 aromatic rings. The monoisotopic (exact) mass is 641 g/mol. The van der Waals surface area contributed by atoms with Gasteiger partial charge in [-0.15, -0.1) is 0 Å². The summed E-state index contributed by atoms with van der Waals surface area (Å²) >= 11 is 6.07. The summed E-state index contributed by atoms with van der Waals surface area (Å²) < 4.78 is 66.0. The number of hydrogen-bond donors (Lipinski definition) is 3. The Balaban J connectivity index is 1.42. The minimum Gasteiger partial charge on any atom is -0.467 e. The average Bonchev–Trinajstić information content (AvgIpc) is 3.45. The number of furan rings is 1. The normalized spacial score (nSPS) is 12.0. The lowest BCUT2D eigenvalue weighted by atomic mass is 10.1. The topological polar surface area (TPSA) is 167 Å². The van der Waals surface area contributed by atoms with Gasteiger partial charge in [0, 0.05) is 37.1 Å². The van der Waals surface area contributed by atoms with Gasteiger partial charge in [-0.1, -0.05) is 11.6 Å². The van der Waals surface area contributed by atoms with Crippen molar-refractivity contribution < 1.29 is 45.5 Å². The van der Waals surface area contributed by atoms with Gasteiger partial charge in [0.15, 0.2) is 5.78 Å². The molecule has 1 atom stereocenters. The molecule has 4 N–H and O–H groups in total. The maximum atomic E-state index is 13.3. The summed E-state index contributed by atoms with van der Waals surface area (Å²) in [7, 11) is -4.24. The number of esters is 2. The Morgan fingerprint density at radius 2 is 1.79 bits per heavy atom. The van der Waals surface area contributed by atoms with Crippen LogP contribution in [0.1, 0.15) is 52.7 Å². The Kier molecular flexibility index (Phi) is 12.2. The molecule has 0 aliphatic heterocycles. The van der Waals surface area contributed by atoms with Crippen molar-refractivity contribution in [3.05, 3.63) is 82.3 Å². The maximum absolute atomic E-state index is 13.3. The van der Waals surface area contributed by atoms with E-state index in [-0.39, 0.29) is 73.4 Å². The quantitative estimate of drug-likeness (QED) is 0.117. The predicted molar refractivity (Wildman–Crippen MR) is 152 cm³/mol. The van der Waals surface area contributed by atoms with E-state index in [0.717, 1.165) is 18.2 Å². The number of carbonyl (C=O) groups excluding carboxylic acids is 3. The molecule has 0 spiro atoms. The molecule has 1 aromatic heterocycles. The number of ketones is 1. The zero-order valence-corrected chi connectivity index (χ0v) is 24.6. The molecule has 0 aliphatic carbocycles. The summed E-state index contributed by atoms with van der Waals surface area (Å²) in [4.78, 5) is 36.6. The van der Waals surface area contributed by atoms with Crippen LogP contribution in [0.15, 0.2) is 58.0 Å². The predicted octanol–water partition coefficient (Wildman–Crippen LogP) is 4.20. The molecule has 2 aromatic carbocycles. The van der Waals surface area contributed by atoms with Crippen molar-refractivity contribution in [1.82, 2.24) is 5.32 Å². The lowest BCUT2D eigenvalue weighted by Crippen LogP contribution is -2.33. The third-order valence-electron chi connectivity index (χ3n) is 5.91. The van der Waals surface area contributed by atoms with Gasteiger partial charge in [0.05, 0.1) is 35.7 Å². The maximum Gasteiger partial charge on any atom is 0.340 e. The van der Waals surface area contributed by atoms with Gasteiger partial charge in [-0.3, -0.25) is 9.59 Å². The minimum atomic E-state index is -4.24. The van der Waals surface area contributed by atoms with E-state index in [1.807, 2.05) is 0 Å². The Morgan fingerprint density at radius 1 is 1.07 bits per heavy atom. The van der Waals surface area contributed by atoms with Crippen LogP contribution >= 0.6 is 11.6 Å². The number of ether oxygens (including phenoxy) is 2. The van der Waals surface area contributed by atoms with Crippen LogP contribution in [0.2, 0.25) is 5.02 Å². The van der Waals surface area contributed by atoms with Gasteiger partial charge in [0.2, 0.25) is 10.0 Å². The average molecular weight is 642 g/mol. The van der Waals surface area contributed by atoms with Crippen molar-refractivity contribution in [2.45, 2.75) is 43.7 Å². The number of anilines is 1. The third kappa shape index (κ3) is 10.7. The molecule has 11 nitrogen and oxygen atoms in total. The number of Topliss-reactive ketones (excluding diaryl/α,β-unsaturated/α-hetero) is 1. The highest BCUT2D eigenvalue weighted by Crippen LogP contribution is 2.29. The van der Waals surface area contributed by atoms with E-state index < -0.39 is 44.3 Å². The van der Waals surface area contributed by atoms with Gasteiger partial charge < -0.3 is 24.5 Å². The van der Waals surface area contributed by atoms with E-state index in [1.165, 1.54) is 12.3 Å². The molecule has 232 valence electrons. The van der Waals surface area contributed by atoms with Gasteiger partial charge in [-0.25, -0.2) is 27.1 Å². The molecule has 1 heterocycles. The van der Waals surface area contributed by atoms with Gasteiger partial charge in [0.25, 0.3) is 0 Å². The number of benzene rings is 2. The first-order valence-electron chi connectivity index (χ1n) is 13.0. The number of rotatable bonds is 16. The minimum absolute atomic E-state index is 0.00673. The Labute approximate surface area is 251 Å². The van der Waals surface area contributed by atoms with E-state index >= 15 is 0 Å². The van der Waals surface area contributed by atoms with Crippen molar-refractivity contribution in [3.63, 3.8) is 0 Å². The lowest BCUT2D eigenvalue weighted by molar-refractivity contribution is -0.144. The number of nitrogens with two attached hydrogens (primary N) is 1. The Hall–Kier alpha value is -3.85. The SMILES string of the molecule is C[C@H](COC(=O)CCCOC(=O)c1cc(S(N)(=O)=O)c(Cl)cc1NCc1ccco1)NCCC(=O)c1cc(F)cc(F)c1. The summed E-state index contributed by atoms with van der Waals surface area (Å²) in [5, 5.41) is 10.9. The summed E-state index contributed by atoms with van der Waals surface area (Å²) in [5.74, 6) is -3.00. The molecule has 0 aliphatic rings. The number of nitrogens with one attached hydrogen (secondary N) is 2. The van der Waals surface area contributed by atoms with E-state index in [2.05, 4.69) is 10.6 Å². The van der Waals surface area contributed by atoms with Crippen LogP contribution in [0, 0.1) is 11.6 Å². The van der Waals surface area contributed by atoms with Crippen LogP contribution in [0.5, 0.6) is 0 Å². The Bertz CT molecular complexity index is 1530. The van der Waals surface area contributed by atoms with Gasteiger partial charge >= 0.3 is 11.9 Å². The third-order valence-corrected chi connectivity index (χ3v) is 7.29. The van der Waals surface area contributed by atoms with Crippen molar-refractivity contribution in [3.8, 4) is 0 Å². The second kappa shape index (κ2) is 15.6. The summed E-state index contributed by atoms with van der Waals surface area (Å²) in [6.07, 6.45) is 1.50.